The van der Waals surface area contributed by atoms with Gasteiger partial charge in [0.25, 0.3) is 0 Å². The number of ether oxygens (including phenoxy) is 1. The van der Waals surface area contributed by atoms with Crippen molar-refractivity contribution in [3.8, 4) is 0 Å². The summed E-state index contributed by atoms with van der Waals surface area (Å²) in [5.41, 5.74) is 1.63. The molecule has 94 valence electrons. The molecule has 1 aliphatic heterocycles. The number of carbonyl (C=O) groups excluding carboxylic acids is 1. The second-order valence-electron chi connectivity index (χ2n) is 4.37. The van der Waals surface area contributed by atoms with Crippen molar-refractivity contribution in [3.05, 3.63) is 16.4 Å². The number of halogens is 1. The third-order valence-electron chi connectivity index (χ3n) is 3.18. The van der Waals surface area contributed by atoms with Crippen molar-refractivity contribution in [1.29, 1.82) is 0 Å². The fraction of sp³-hybridized carbons (Fsp3) is 0.667. The first kappa shape index (κ1) is 12.6. The molecule has 0 aliphatic carbocycles. The second-order valence-corrected chi connectivity index (χ2v) is 4.74. The highest BCUT2D eigenvalue weighted by Gasteiger charge is 2.25. The first-order chi connectivity index (χ1) is 8.13. The summed E-state index contributed by atoms with van der Waals surface area (Å²) in [7, 11) is 0. The Morgan fingerprint density at radius 2 is 2.41 bits per heavy atom. The Hall–Kier alpha value is -0.870. The normalized spacial score (nSPS) is 19.8. The molecule has 17 heavy (non-hydrogen) atoms. The number of nitrogens with zero attached hydrogens (tertiary/aromatic N) is 2. The molecule has 1 aromatic rings. The first-order valence-corrected chi connectivity index (χ1v) is 6.33. The van der Waals surface area contributed by atoms with E-state index in [9.17, 15) is 4.79 Å². The van der Waals surface area contributed by atoms with E-state index < -0.39 is 0 Å². The highest BCUT2D eigenvalue weighted by Crippen LogP contribution is 2.23. The van der Waals surface area contributed by atoms with Gasteiger partial charge in [-0.15, -0.1) is 0 Å². The topological polar surface area (TPSA) is 44.1 Å². The van der Waals surface area contributed by atoms with Crippen LogP contribution in [-0.2, 0) is 22.5 Å². The summed E-state index contributed by atoms with van der Waals surface area (Å²) in [6.45, 7) is 5.83. The largest absolute Gasteiger partial charge is 0.381 e. The van der Waals surface area contributed by atoms with Crippen LogP contribution in [0, 0.1) is 12.8 Å². The SMILES string of the molecule is CCn1nc(C)c(Cl)c1CC(=O)C1CCOC1. The molecule has 0 saturated carbocycles. The van der Waals surface area contributed by atoms with Crippen molar-refractivity contribution < 1.29 is 9.53 Å². The first-order valence-electron chi connectivity index (χ1n) is 5.95. The van der Waals surface area contributed by atoms with Crippen molar-refractivity contribution in [3.63, 3.8) is 0 Å². The van der Waals surface area contributed by atoms with E-state index in [1.807, 2.05) is 18.5 Å². The zero-order chi connectivity index (χ0) is 12.4. The predicted molar refractivity (Wildman–Crippen MR) is 65.3 cm³/mol. The minimum absolute atomic E-state index is 0.0339. The van der Waals surface area contributed by atoms with E-state index in [1.54, 1.807) is 0 Å². The molecule has 0 radical (unpaired) electrons. The molecular weight excluding hydrogens is 240 g/mol. The Bertz CT molecular complexity index is 422. The van der Waals surface area contributed by atoms with Gasteiger partial charge in [0.1, 0.15) is 5.78 Å². The average Bonchev–Trinajstić information content (AvgIpc) is 2.92. The highest BCUT2D eigenvalue weighted by atomic mass is 35.5. The van der Waals surface area contributed by atoms with E-state index in [-0.39, 0.29) is 11.7 Å². The summed E-state index contributed by atoms with van der Waals surface area (Å²) in [4.78, 5) is 12.1. The van der Waals surface area contributed by atoms with Crippen molar-refractivity contribution in [2.45, 2.75) is 33.2 Å². The fourth-order valence-electron chi connectivity index (χ4n) is 2.14. The van der Waals surface area contributed by atoms with Gasteiger partial charge in [0.2, 0.25) is 0 Å². The van der Waals surface area contributed by atoms with Crippen LogP contribution in [-0.4, -0.2) is 28.8 Å². The smallest absolute Gasteiger partial charge is 0.144 e. The quantitative estimate of drug-likeness (QED) is 0.828. The van der Waals surface area contributed by atoms with Gasteiger partial charge in [0, 0.05) is 19.1 Å². The zero-order valence-corrected chi connectivity index (χ0v) is 11.0. The summed E-state index contributed by atoms with van der Waals surface area (Å²) in [6, 6.07) is 0. The predicted octanol–water partition coefficient (Wildman–Crippen LogP) is 2.01. The van der Waals surface area contributed by atoms with Crippen LogP contribution in [0.1, 0.15) is 24.7 Å². The molecule has 0 amide bonds. The molecule has 2 heterocycles. The van der Waals surface area contributed by atoms with Gasteiger partial charge in [-0.1, -0.05) is 11.6 Å². The molecule has 5 heteroatoms. The number of rotatable bonds is 4. The van der Waals surface area contributed by atoms with Gasteiger partial charge < -0.3 is 4.74 Å². The lowest BCUT2D eigenvalue weighted by Crippen LogP contribution is -2.19. The van der Waals surface area contributed by atoms with Gasteiger partial charge in [0.05, 0.1) is 29.4 Å². The van der Waals surface area contributed by atoms with Crippen LogP contribution in [0.3, 0.4) is 0 Å². The number of ketones is 1. The van der Waals surface area contributed by atoms with E-state index in [0.717, 1.165) is 24.4 Å². The molecule has 1 aromatic heterocycles. The molecule has 1 fully saturated rings. The lowest BCUT2D eigenvalue weighted by Gasteiger charge is -2.08. The molecular formula is C12H17ClN2O2. The minimum atomic E-state index is 0.0339. The molecule has 1 atom stereocenters. The third-order valence-corrected chi connectivity index (χ3v) is 3.67. The number of Topliss-reactive ketones (excluding diaryl/α,β-unsaturated/α-hetero) is 1. The Morgan fingerprint density at radius 1 is 1.65 bits per heavy atom. The Morgan fingerprint density at radius 3 is 3.00 bits per heavy atom. The standard InChI is InChI=1S/C12H17ClN2O2/c1-3-15-10(12(13)8(2)14-15)6-11(16)9-4-5-17-7-9/h9H,3-7H2,1-2H3. The van der Waals surface area contributed by atoms with Gasteiger partial charge in [-0.3, -0.25) is 9.48 Å². The Balaban J connectivity index is 2.14. The zero-order valence-electron chi connectivity index (χ0n) is 10.2. The van der Waals surface area contributed by atoms with Crippen LogP contribution in [0.25, 0.3) is 0 Å². The van der Waals surface area contributed by atoms with Crippen LogP contribution in [0.5, 0.6) is 0 Å². The minimum Gasteiger partial charge on any atom is -0.381 e. The molecule has 0 bridgehead atoms. The van der Waals surface area contributed by atoms with Crippen LogP contribution < -0.4 is 0 Å². The van der Waals surface area contributed by atoms with E-state index in [0.29, 0.717) is 24.7 Å². The molecule has 0 N–H and O–H groups in total. The van der Waals surface area contributed by atoms with Gasteiger partial charge in [-0.25, -0.2) is 0 Å². The number of hydrogen-bond donors (Lipinski definition) is 0. The summed E-state index contributed by atoms with van der Waals surface area (Å²) in [6.07, 6.45) is 1.19. The highest BCUT2D eigenvalue weighted by molar-refractivity contribution is 6.32. The number of hydrogen-bond acceptors (Lipinski definition) is 3. The maximum atomic E-state index is 12.1. The van der Waals surface area contributed by atoms with Gasteiger partial charge in [-0.05, 0) is 20.3 Å². The summed E-state index contributed by atoms with van der Waals surface area (Å²) >= 11 is 6.18. The van der Waals surface area contributed by atoms with Crippen LogP contribution in [0.2, 0.25) is 5.02 Å². The van der Waals surface area contributed by atoms with Crippen molar-refractivity contribution in [2.75, 3.05) is 13.2 Å². The van der Waals surface area contributed by atoms with E-state index in [1.165, 1.54) is 0 Å². The Labute approximate surface area is 106 Å². The average molecular weight is 257 g/mol. The summed E-state index contributed by atoms with van der Waals surface area (Å²) in [5.74, 6) is 0.241. The molecule has 4 nitrogen and oxygen atoms in total. The van der Waals surface area contributed by atoms with Crippen molar-refractivity contribution in [1.82, 2.24) is 9.78 Å². The van der Waals surface area contributed by atoms with Crippen LogP contribution >= 0.6 is 11.6 Å². The van der Waals surface area contributed by atoms with Gasteiger partial charge in [-0.2, -0.15) is 5.10 Å². The molecule has 0 spiro atoms. The van der Waals surface area contributed by atoms with Crippen molar-refractivity contribution >= 4 is 17.4 Å². The molecule has 1 unspecified atom stereocenters. The fourth-order valence-corrected chi connectivity index (χ4v) is 2.34. The van der Waals surface area contributed by atoms with E-state index in [2.05, 4.69) is 5.10 Å². The second kappa shape index (κ2) is 5.19. The lowest BCUT2D eigenvalue weighted by atomic mass is 9.99. The van der Waals surface area contributed by atoms with Gasteiger partial charge >= 0.3 is 0 Å². The molecule has 1 saturated heterocycles. The maximum Gasteiger partial charge on any atom is 0.144 e. The van der Waals surface area contributed by atoms with Crippen LogP contribution in [0.4, 0.5) is 0 Å². The van der Waals surface area contributed by atoms with E-state index in [4.69, 9.17) is 16.3 Å². The van der Waals surface area contributed by atoms with E-state index >= 15 is 0 Å². The molecule has 2 rings (SSSR count). The summed E-state index contributed by atoms with van der Waals surface area (Å²) in [5, 5.41) is 4.93. The third kappa shape index (κ3) is 2.53. The van der Waals surface area contributed by atoms with Gasteiger partial charge in [0.15, 0.2) is 0 Å². The number of aromatic nitrogens is 2. The molecule has 1 aliphatic rings. The monoisotopic (exact) mass is 256 g/mol. The lowest BCUT2D eigenvalue weighted by molar-refractivity contribution is -0.122. The summed E-state index contributed by atoms with van der Waals surface area (Å²) < 4.78 is 7.04. The van der Waals surface area contributed by atoms with Crippen molar-refractivity contribution in [2.24, 2.45) is 5.92 Å². The number of carbonyl (C=O) groups is 1. The maximum absolute atomic E-state index is 12.1. The Kier molecular flexibility index (Phi) is 3.84. The van der Waals surface area contributed by atoms with Crippen LogP contribution in [0.15, 0.2) is 0 Å². The molecule has 0 aromatic carbocycles. The number of aryl methyl sites for hydroxylation is 2.